The molecule has 10 aromatic rings. The number of aryl methyl sites for hydroxylation is 12. The SMILES string of the molecule is [2H]C(C)(C)c1cc(-c2ccccc2C)[n+](C)cc1C([2H])(C)C([2H])([2H])[2H].[2H]C([2H])([2H])C([2H])(C)c1cc(-c2ccccc2C)[n+](C)cc1CC.[2H]C([2H])([2H])C([2H])([2H])c1c[n+](C)c(-c2ccccc2C)cc1C([2H])(C)C([2H])([2H])[2H].[2H]C([2H])([2H])c1c(C([2H])(C)C([2H])([2H])[2H])cc(C)c(-c2ccccc2C)[n+]1C.[2H]C([2H])([2H])c1ccc(-c2ccccc2C)[n+](C)c1C([2H])([2H])[2H]. The third kappa shape index (κ3) is 18.2. The van der Waals surface area contributed by atoms with Crippen molar-refractivity contribution in [1.82, 2.24) is 0 Å². The van der Waals surface area contributed by atoms with Crippen LogP contribution in [-0.4, -0.2) is 0 Å². The smallest absolute Gasteiger partial charge is 0.201 e. The molecule has 0 aliphatic heterocycles. The summed E-state index contributed by atoms with van der Waals surface area (Å²) in [6.45, 7) is 1.51. The summed E-state index contributed by atoms with van der Waals surface area (Å²) < 4.78 is 253. The molecule has 0 aliphatic carbocycles. The molecule has 5 nitrogen and oxygen atoms in total. The number of hydrogen-bond acceptors (Lipinski definition) is 0. The van der Waals surface area contributed by atoms with Gasteiger partial charge in [-0.25, -0.2) is 13.7 Å². The van der Waals surface area contributed by atoms with E-state index < -0.39 is 90.7 Å². The fraction of sp³-hybridized carbons (Fsp3) is 0.375. The molecule has 5 heteroatoms. The number of benzene rings is 5. The fourth-order valence-corrected chi connectivity index (χ4v) is 11.4. The summed E-state index contributed by atoms with van der Waals surface area (Å²) in [6.07, 6.45) is 2.82. The zero-order valence-corrected chi connectivity index (χ0v) is 57.7. The van der Waals surface area contributed by atoms with Gasteiger partial charge in [0.25, 0.3) is 0 Å². The van der Waals surface area contributed by atoms with Crippen LogP contribution in [0.15, 0.2) is 176 Å². The second-order valence-electron chi connectivity index (χ2n) is 24.0. The second-order valence-corrected chi connectivity index (χ2v) is 24.0. The molecule has 4 atom stereocenters. The zero-order chi connectivity index (χ0) is 95.1. The van der Waals surface area contributed by atoms with Crippen molar-refractivity contribution in [3.63, 3.8) is 0 Å². The molecule has 0 spiro atoms. The largest absolute Gasteiger partial charge is 0.215 e. The maximum absolute atomic E-state index is 8.51. The number of rotatable bonds is 12. The normalized spacial score (nSPS) is 19.8. The van der Waals surface area contributed by atoms with E-state index in [1.165, 1.54) is 48.2 Å². The molecule has 93 heavy (non-hydrogen) atoms. The van der Waals surface area contributed by atoms with Gasteiger partial charge in [0.2, 0.25) is 28.5 Å². The molecule has 4 unspecified atom stereocenters. The van der Waals surface area contributed by atoms with Crippen molar-refractivity contribution >= 4 is 0 Å². The highest BCUT2D eigenvalue weighted by atomic mass is 15.0. The van der Waals surface area contributed by atoms with Crippen LogP contribution < -0.4 is 22.8 Å². The second kappa shape index (κ2) is 33.6. The summed E-state index contributed by atoms with van der Waals surface area (Å²) in [5, 5.41) is 0. The Morgan fingerprint density at radius 1 is 0.355 bits per heavy atom. The lowest BCUT2D eigenvalue weighted by atomic mass is 9.90. The molecule has 0 radical (unpaired) electrons. The molecular weight excluding hydrogens is 1130 g/mol. The summed E-state index contributed by atoms with van der Waals surface area (Å²) in [5.41, 5.74) is 15.8. The van der Waals surface area contributed by atoms with E-state index in [-0.39, 0.29) is 33.6 Å². The molecule has 0 saturated heterocycles. The molecule has 0 N–H and O–H groups in total. The monoisotopic (exact) mass is 1270 g/mol. The summed E-state index contributed by atoms with van der Waals surface area (Å²) in [7, 11) is 8.67. The molecule has 10 rings (SSSR count). The van der Waals surface area contributed by atoms with E-state index in [1.54, 1.807) is 57.9 Å². The van der Waals surface area contributed by atoms with E-state index in [1.807, 2.05) is 211 Å². The lowest BCUT2D eigenvalue weighted by Crippen LogP contribution is -2.37. The van der Waals surface area contributed by atoms with Crippen molar-refractivity contribution < 1.29 is 65.3 Å². The molecule has 0 saturated carbocycles. The highest BCUT2D eigenvalue weighted by Gasteiger charge is 2.25. The highest BCUT2D eigenvalue weighted by Crippen LogP contribution is 2.32. The minimum Gasteiger partial charge on any atom is -0.201 e. The predicted molar refractivity (Wildman–Crippen MR) is 397 cm³/mol. The average molecular weight is 1280 g/mol. The number of hydrogen-bond donors (Lipinski definition) is 0. The minimum absolute atomic E-state index is 0.00911. The van der Waals surface area contributed by atoms with Gasteiger partial charge in [0, 0.05) is 142 Å². The van der Waals surface area contributed by atoms with Crippen molar-refractivity contribution in [2.24, 2.45) is 35.2 Å². The van der Waals surface area contributed by atoms with Crippen LogP contribution >= 0.6 is 0 Å². The van der Waals surface area contributed by atoms with Crippen LogP contribution in [0.2, 0.25) is 0 Å². The topological polar surface area (TPSA) is 19.4 Å². The van der Waals surface area contributed by atoms with Crippen LogP contribution in [0.3, 0.4) is 0 Å². The summed E-state index contributed by atoms with van der Waals surface area (Å²) in [6, 6.07) is 48.4. The van der Waals surface area contributed by atoms with Crippen LogP contribution in [-0.2, 0) is 48.0 Å². The number of nitrogens with zero attached hydrogens (tertiary/aromatic N) is 5. The lowest BCUT2D eigenvalue weighted by Gasteiger charge is -2.16. The van der Waals surface area contributed by atoms with E-state index in [0.29, 0.717) is 40.2 Å². The standard InChI is InChI=1S/C19H26N.3C18H24N.C15H18N/c1-13(2)17-11-19(16-10-8-7-9-15(16)5)20(6)12-18(17)14(3)4;1-12(2)17-11-14(4)18(19(6)15(17)5)16-10-8-7-9-13(16)3;2*1-6-15-12-19(5)18(11-17(15)13(2)3)16-10-8-7-9-14(16)4;1-11-9-10-15(16(4)13(11)3)14-8-6-5-7-12(14)2/h7-14H,1-6H3;7-12H,1-6H3;2*7-13H,6H2,1-5H3;5-10H,1-4H3/q5*+1/i3D3,13D,14D;1D3,5D3,12D;1D3,2D3,6D2,13D;2D3,13D;1D3,3D3. The van der Waals surface area contributed by atoms with Crippen LogP contribution in [0, 0.1) is 62.1 Å². The van der Waals surface area contributed by atoms with Gasteiger partial charge in [0.1, 0.15) is 35.2 Å². The third-order valence-corrected chi connectivity index (χ3v) is 16.7. The first-order valence-corrected chi connectivity index (χ1v) is 31.1. The van der Waals surface area contributed by atoms with Gasteiger partial charge in [0.05, 0.1) is 0 Å². The van der Waals surface area contributed by atoms with Crippen LogP contribution in [0.4, 0.5) is 0 Å². The summed E-state index contributed by atoms with van der Waals surface area (Å²) in [5.74, 6) is -8.68. The maximum Gasteiger partial charge on any atom is 0.215 e. The lowest BCUT2D eigenvalue weighted by molar-refractivity contribution is -0.667. The zero-order valence-electron chi connectivity index (χ0n) is 88.7. The Morgan fingerprint density at radius 3 is 1.15 bits per heavy atom. The third-order valence-electron chi connectivity index (χ3n) is 16.7. The Labute approximate surface area is 608 Å². The van der Waals surface area contributed by atoms with Crippen LogP contribution in [0.1, 0.15) is 244 Å². The Morgan fingerprint density at radius 2 is 0.742 bits per heavy atom. The molecule has 488 valence electrons. The molecule has 0 bridgehead atoms. The molecule has 5 aromatic carbocycles. The average Bonchev–Trinajstić information content (AvgIpc) is 0.735. The van der Waals surface area contributed by atoms with Crippen molar-refractivity contribution in [1.29, 1.82) is 0 Å². The van der Waals surface area contributed by atoms with E-state index in [4.69, 9.17) is 42.5 Å². The van der Waals surface area contributed by atoms with Crippen molar-refractivity contribution in [3.05, 3.63) is 266 Å². The fourth-order valence-electron chi connectivity index (χ4n) is 11.4. The Hall–Kier alpha value is -8.15. The van der Waals surface area contributed by atoms with Crippen molar-refractivity contribution in [3.8, 4) is 56.3 Å². The molecule has 5 heterocycles. The van der Waals surface area contributed by atoms with Gasteiger partial charge in [-0.1, -0.05) is 174 Å². The van der Waals surface area contributed by atoms with Gasteiger partial charge in [-0.2, -0.15) is 9.13 Å². The maximum atomic E-state index is 8.51. The van der Waals surface area contributed by atoms with Gasteiger partial charge in [0.15, 0.2) is 30.0 Å². The molecule has 0 aliphatic rings. The van der Waals surface area contributed by atoms with Crippen molar-refractivity contribution in [2.75, 3.05) is 0 Å². The van der Waals surface area contributed by atoms with Crippen LogP contribution in [0.5, 0.6) is 0 Å². The van der Waals surface area contributed by atoms with Gasteiger partial charge >= 0.3 is 0 Å². The first-order chi connectivity index (χ1) is 56.1. The Bertz CT molecular complexity index is 5470. The Kier molecular flexibility index (Phi) is 14.8. The minimum atomic E-state index is -3.02. The van der Waals surface area contributed by atoms with Gasteiger partial charge in [-0.15, -0.1) is 0 Å². The molecule has 0 fully saturated rings. The summed E-state index contributed by atoms with van der Waals surface area (Å²) >= 11 is 0. The molecular formula is C88H116N5+5. The van der Waals surface area contributed by atoms with Gasteiger partial charge in [-0.05, 0) is 178 Å². The molecule has 5 aromatic heterocycles. The number of aromatic nitrogens is 5. The highest BCUT2D eigenvalue weighted by molar-refractivity contribution is 5.66. The van der Waals surface area contributed by atoms with Gasteiger partial charge in [-0.3, -0.25) is 0 Å². The quantitative estimate of drug-likeness (QED) is 0.109. The first kappa shape index (κ1) is 40.8. The molecule has 0 amide bonds. The van der Waals surface area contributed by atoms with E-state index in [2.05, 4.69) is 0 Å². The number of pyridine rings is 5. The van der Waals surface area contributed by atoms with Crippen molar-refractivity contribution in [2.45, 2.75) is 187 Å². The van der Waals surface area contributed by atoms with Crippen LogP contribution in [0.25, 0.3) is 56.3 Å². The van der Waals surface area contributed by atoms with Gasteiger partial charge < -0.3 is 0 Å². The first-order valence-electron chi connectivity index (χ1n) is 46.6. The van der Waals surface area contributed by atoms with E-state index in [9.17, 15) is 0 Å². The van der Waals surface area contributed by atoms with E-state index in [0.717, 1.165) is 85.1 Å². The summed E-state index contributed by atoms with van der Waals surface area (Å²) in [4.78, 5) is 0. The predicted octanol–water partition coefficient (Wildman–Crippen LogP) is 20.4. The Balaban J connectivity index is 0.000000240. The van der Waals surface area contributed by atoms with E-state index >= 15 is 0 Å².